The van der Waals surface area contributed by atoms with Crippen molar-refractivity contribution in [3.8, 4) is 5.88 Å². The van der Waals surface area contributed by atoms with Crippen molar-refractivity contribution in [2.45, 2.75) is 52.6 Å². The minimum absolute atomic E-state index is 0.0332. The Labute approximate surface area is 201 Å². The van der Waals surface area contributed by atoms with Crippen LogP contribution in [0.5, 0.6) is 5.88 Å². The number of nitrogens with one attached hydrogen (secondary N) is 1. The van der Waals surface area contributed by atoms with Crippen LogP contribution in [-0.2, 0) is 17.8 Å². The highest BCUT2D eigenvalue weighted by molar-refractivity contribution is 6.05. The normalized spacial score (nSPS) is 15.4. The van der Waals surface area contributed by atoms with E-state index < -0.39 is 17.3 Å². The third-order valence-corrected chi connectivity index (χ3v) is 6.34. The number of hydrogen-bond acceptors (Lipinski definition) is 6. The first-order valence-electron chi connectivity index (χ1n) is 11.8. The maximum absolute atomic E-state index is 13.4. The molecule has 2 N–H and O–H groups in total. The van der Waals surface area contributed by atoms with Crippen molar-refractivity contribution in [2.24, 2.45) is 5.92 Å². The van der Waals surface area contributed by atoms with Crippen molar-refractivity contribution in [3.05, 3.63) is 57.3 Å². The van der Waals surface area contributed by atoms with E-state index in [0.717, 1.165) is 30.5 Å². The Kier molecular flexibility index (Phi) is 5.66. The summed E-state index contributed by atoms with van der Waals surface area (Å²) < 4.78 is 2.69. The number of pyridine rings is 1. The van der Waals surface area contributed by atoms with Gasteiger partial charge in [-0.2, -0.15) is 9.61 Å². The zero-order valence-electron chi connectivity index (χ0n) is 20.0. The van der Waals surface area contributed by atoms with Crippen LogP contribution in [0.3, 0.4) is 0 Å². The van der Waals surface area contributed by atoms with Gasteiger partial charge in [0, 0.05) is 43.2 Å². The molecule has 35 heavy (non-hydrogen) atoms. The maximum atomic E-state index is 13.4. The van der Waals surface area contributed by atoms with Crippen molar-refractivity contribution in [3.63, 3.8) is 0 Å². The van der Waals surface area contributed by atoms with Gasteiger partial charge < -0.3 is 15.3 Å². The monoisotopic (exact) mass is 476 g/mol. The number of carbonyl (C=O) groups excluding carboxylic acids is 2. The van der Waals surface area contributed by atoms with Crippen molar-refractivity contribution in [1.82, 2.24) is 24.5 Å². The van der Waals surface area contributed by atoms with E-state index in [1.807, 2.05) is 19.9 Å². The number of anilines is 1. The van der Waals surface area contributed by atoms with E-state index >= 15 is 0 Å². The zero-order chi connectivity index (χ0) is 24.9. The Balaban J connectivity index is 1.58. The van der Waals surface area contributed by atoms with Crippen LogP contribution < -0.4 is 15.8 Å². The molecule has 1 aliphatic heterocycles. The highest BCUT2D eigenvalue weighted by Gasteiger charge is 2.30. The molecule has 0 atom stereocenters. The molecule has 5 rings (SSSR count). The van der Waals surface area contributed by atoms with Crippen LogP contribution in [0.4, 0.5) is 5.69 Å². The van der Waals surface area contributed by atoms with Crippen molar-refractivity contribution in [1.29, 1.82) is 0 Å². The number of hydrogen-bond donors (Lipinski definition) is 2. The molecule has 2 amide bonds. The summed E-state index contributed by atoms with van der Waals surface area (Å²) in [5, 5.41) is 18.1. The lowest BCUT2D eigenvalue weighted by Gasteiger charge is -2.16. The minimum atomic E-state index is -0.600. The average Bonchev–Trinajstić information content (AvgIpc) is 3.41. The van der Waals surface area contributed by atoms with Crippen LogP contribution in [-0.4, -0.2) is 48.7 Å². The second-order valence-corrected chi connectivity index (χ2v) is 9.57. The number of aryl methyl sites for hydroxylation is 1. The molecule has 0 spiro atoms. The molecule has 10 nitrogen and oxygen atoms in total. The summed E-state index contributed by atoms with van der Waals surface area (Å²) in [6.45, 7) is 6.54. The Bertz CT molecular complexity index is 1430. The zero-order valence-corrected chi connectivity index (χ0v) is 20.0. The fraction of sp³-hybridized carbons (Fsp3) is 0.400. The van der Waals surface area contributed by atoms with Gasteiger partial charge in [-0.1, -0.05) is 13.8 Å². The minimum Gasteiger partial charge on any atom is -0.492 e. The van der Waals surface area contributed by atoms with E-state index in [9.17, 15) is 19.5 Å². The quantitative estimate of drug-likeness (QED) is 0.525. The van der Waals surface area contributed by atoms with E-state index in [1.54, 1.807) is 30.3 Å². The van der Waals surface area contributed by atoms with E-state index in [4.69, 9.17) is 0 Å². The van der Waals surface area contributed by atoms with E-state index in [1.165, 1.54) is 15.2 Å². The molecule has 1 saturated carbocycles. The van der Waals surface area contributed by atoms with Gasteiger partial charge in [-0.25, -0.2) is 0 Å². The lowest BCUT2D eigenvalue weighted by Crippen LogP contribution is -2.36. The van der Waals surface area contributed by atoms with Crippen LogP contribution in [0.15, 0.2) is 29.3 Å². The molecular formula is C25H28N6O4. The third kappa shape index (κ3) is 4.09. The summed E-state index contributed by atoms with van der Waals surface area (Å²) >= 11 is 0. The Morgan fingerprint density at radius 2 is 2.09 bits per heavy atom. The number of aromatic nitrogens is 4. The molecule has 3 aromatic rings. The van der Waals surface area contributed by atoms with Crippen LogP contribution in [0, 0.1) is 12.8 Å². The van der Waals surface area contributed by atoms with Crippen LogP contribution >= 0.6 is 0 Å². The van der Waals surface area contributed by atoms with E-state index in [0.29, 0.717) is 30.0 Å². The van der Waals surface area contributed by atoms with Crippen molar-refractivity contribution >= 4 is 29.2 Å². The summed E-state index contributed by atoms with van der Waals surface area (Å²) in [6, 6.07) is 1.85. The molecule has 10 heteroatoms. The molecule has 0 saturated heterocycles. The highest BCUT2D eigenvalue weighted by atomic mass is 16.3. The van der Waals surface area contributed by atoms with Crippen LogP contribution in [0.1, 0.15) is 53.9 Å². The number of fused-ring (bicyclic) bond motifs is 2. The number of aromatic hydroxyl groups is 1. The summed E-state index contributed by atoms with van der Waals surface area (Å²) in [5.41, 5.74) is 2.37. The number of amides is 2. The van der Waals surface area contributed by atoms with Crippen LogP contribution in [0.25, 0.3) is 11.7 Å². The predicted molar refractivity (Wildman–Crippen MR) is 131 cm³/mol. The van der Waals surface area contributed by atoms with Gasteiger partial charge in [0.2, 0.25) is 5.88 Å². The average molecular weight is 477 g/mol. The molecule has 0 aromatic carbocycles. The number of rotatable bonds is 6. The van der Waals surface area contributed by atoms with E-state index in [-0.39, 0.29) is 23.4 Å². The lowest BCUT2D eigenvalue weighted by atomic mass is 10.1. The third-order valence-electron chi connectivity index (χ3n) is 6.34. The highest BCUT2D eigenvalue weighted by Crippen LogP contribution is 2.28. The van der Waals surface area contributed by atoms with E-state index in [2.05, 4.69) is 15.4 Å². The van der Waals surface area contributed by atoms with Gasteiger partial charge in [-0.15, -0.1) is 0 Å². The molecular weight excluding hydrogens is 448 g/mol. The number of carbonyl (C=O) groups is 2. The van der Waals surface area contributed by atoms with Gasteiger partial charge >= 0.3 is 0 Å². The molecule has 0 bridgehead atoms. The van der Waals surface area contributed by atoms with Gasteiger partial charge in [0.05, 0.1) is 11.4 Å². The first kappa shape index (κ1) is 22.8. The molecule has 4 heterocycles. The summed E-state index contributed by atoms with van der Waals surface area (Å²) in [5.74, 6) is -1.21. The fourth-order valence-electron chi connectivity index (χ4n) is 4.48. The summed E-state index contributed by atoms with van der Waals surface area (Å²) in [6.07, 6.45) is 8.97. The largest absolute Gasteiger partial charge is 0.492 e. The topological polar surface area (TPSA) is 122 Å². The molecule has 0 radical (unpaired) electrons. The Hall–Kier alpha value is -3.95. The van der Waals surface area contributed by atoms with Crippen LogP contribution in [0.2, 0.25) is 0 Å². The standard InChI is InChI=1S/C25H28N6O4/c1-14(2)13-30-23-18(6-7-20(32)29-11-9-16-12-26-10-8-19(16)29)15(3)28-31(23)25(35)21(24(30)34)22(33)27-17-4-5-17/h6-8,10,12,14,17,35H,4-5,9,11,13H2,1-3H3,(H,27,33)/b7-6+. The Morgan fingerprint density at radius 3 is 2.80 bits per heavy atom. The fourth-order valence-corrected chi connectivity index (χ4v) is 4.48. The van der Waals surface area contributed by atoms with Gasteiger partial charge in [-0.05, 0) is 49.8 Å². The molecule has 2 aliphatic rings. The Morgan fingerprint density at radius 1 is 1.31 bits per heavy atom. The number of nitrogens with zero attached hydrogens (tertiary/aromatic N) is 5. The van der Waals surface area contributed by atoms with Gasteiger partial charge in [0.1, 0.15) is 5.65 Å². The second-order valence-electron chi connectivity index (χ2n) is 9.57. The van der Waals surface area contributed by atoms with Gasteiger partial charge in [-0.3, -0.25) is 23.9 Å². The maximum Gasteiger partial charge on any atom is 0.270 e. The summed E-state index contributed by atoms with van der Waals surface area (Å²) in [7, 11) is 0. The van der Waals surface area contributed by atoms with Gasteiger partial charge in [0.25, 0.3) is 17.4 Å². The SMILES string of the molecule is Cc1nn2c(O)c(C(=O)NC3CC3)c(=O)n(CC(C)C)c2c1/C=C/C(=O)N1CCc2cnccc21. The first-order valence-corrected chi connectivity index (χ1v) is 11.8. The molecule has 1 aliphatic carbocycles. The molecule has 182 valence electrons. The predicted octanol–water partition coefficient (Wildman–Crippen LogP) is 2.06. The first-order chi connectivity index (χ1) is 16.8. The summed E-state index contributed by atoms with van der Waals surface area (Å²) in [4.78, 5) is 45.0. The molecule has 1 fully saturated rings. The second kappa shape index (κ2) is 8.68. The van der Waals surface area contributed by atoms with Crippen molar-refractivity contribution < 1.29 is 14.7 Å². The lowest BCUT2D eigenvalue weighted by molar-refractivity contribution is -0.114. The smallest absolute Gasteiger partial charge is 0.270 e. The van der Waals surface area contributed by atoms with Gasteiger partial charge in [0.15, 0.2) is 5.56 Å². The van der Waals surface area contributed by atoms with Crippen molar-refractivity contribution in [2.75, 3.05) is 11.4 Å². The molecule has 0 unspecified atom stereocenters. The molecule has 3 aromatic heterocycles.